The molecular formula is C12H7ClF2O2S. The summed E-state index contributed by atoms with van der Waals surface area (Å²) in [6.07, 6.45) is 0. The number of hydrogen-bond donors (Lipinski definition) is 0. The highest BCUT2D eigenvalue weighted by Crippen LogP contribution is 2.25. The van der Waals surface area contributed by atoms with Crippen molar-refractivity contribution in [1.82, 2.24) is 0 Å². The molecular weight excluding hydrogens is 282 g/mol. The van der Waals surface area contributed by atoms with Crippen LogP contribution in [-0.2, 0) is 9.05 Å². The molecule has 0 N–H and O–H groups in total. The Balaban J connectivity index is 2.58. The quantitative estimate of drug-likeness (QED) is 0.792. The summed E-state index contributed by atoms with van der Waals surface area (Å²) in [6.45, 7) is 0. The lowest BCUT2D eigenvalue weighted by molar-refractivity contribution is 0.584. The van der Waals surface area contributed by atoms with Crippen molar-refractivity contribution in [3.63, 3.8) is 0 Å². The van der Waals surface area contributed by atoms with Crippen LogP contribution in [0.15, 0.2) is 47.4 Å². The van der Waals surface area contributed by atoms with E-state index in [1.54, 1.807) is 6.07 Å². The van der Waals surface area contributed by atoms with Crippen LogP contribution in [-0.4, -0.2) is 8.42 Å². The van der Waals surface area contributed by atoms with Gasteiger partial charge in [-0.05, 0) is 35.4 Å². The Morgan fingerprint density at radius 2 is 1.50 bits per heavy atom. The molecule has 2 aromatic carbocycles. The fourth-order valence-electron chi connectivity index (χ4n) is 1.55. The van der Waals surface area contributed by atoms with Crippen LogP contribution in [0.4, 0.5) is 8.78 Å². The lowest BCUT2D eigenvalue weighted by atomic mass is 10.1. The van der Waals surface area contributed by atoms with E-state index in [0.29, 0.717) is 5.56 Å². The van der Waals surface area contributed by atoms with E-state index in [0.717, 1.165) is 18.2 Å². The van der Waals surface area contributed by atoms with Crippen molar-refractivity contribution in [2.75, 3.05) is 0 Å². The molecule has 0 heterocycles. The molecule has 0 radical (unpaired) electrons. The first kappa shape index (κ1) is 13.0. The minimum absolute atomic E-state index is 0.119. The molecule has 18 heavy (non-hydrogen) atoms. The van der Waals surface area contributed by atoms with Gasteiger partial charge in [0.1, 0.15) is 11.6 Å². The number of halogens is 3. The second-order valence-electron chi connectivity index (χ2n) is 3.62. The summed E-state index contributed by atoms with van der Waals surface area (Å²) < 4.78 is 48.5. The SMILES string of the molecule is O=S(=O)(Cl)c1cccc(-c2cc(F)cc(F)c2)c1. The summed E-state index contributed by atoms with van der Waals surface area (Å²) in [7, 11) is 1.34. The van der Waals surface area contributed by atoms with Crippen molar-refractivity contribution < 1.29 is 17.2 Å². The highest BCUT2D eigenvalue weighted by molar-refractivity contribution is 8.13. The molecule has 0 aliphatic carbocycles. The molecule has 2 aromatic rings. The highest BCUT2D eigenvalue weighted by atomic mass is 35.7. The van der Waals surface area contributed by atoms with Crippen molar-refractivity contribution >= 4 is 19.7 Å². The van der Waals surface area contributed by atoms with Gasteiger partial charge in [0.05, 0.1) is 4.90 Å². The summed E-state index contributed by atoms with van der Waals surface area (Å²) in [5.74, 6) is -1.46. The van der Waals surface area contributed by atoms with E-state index in [1.165, 1.54) is 18.2 Å². The normalized spacial score (nSPS) is 11.5. The third-order valence-corrected chi connectivity index (χ3v) is 3.66. The Morgan fingerprint density at radius 1 is 0.889 bits per heavy atom. The molecule has 2 nitrogen and oxygen atoms in total. The molecule has 6 heteroatoms. The van der Waals surface area contributed by atoms with Gasteiger partial charge in [0, 0.05) is 16.7 Å². The van der Waals surface area contributed by atoms with Crippen LogP contribution in [0.25, 0.3) is 11.1 Å². The monoisotopic (exact) mass is 288 g/mol. The summed E-state index contributed by atoms with van der Waals surface area (Å²) in [4.78, 5) is -0.119. The molecule has 0 bridgehead atoms. The van der Waals surface area contributed by atoms with Gasteiger partial charge in [0.2, 0.25) is 0 Å². The van der Waals surface area contributed by atoms with Gasteiger partial charge in [-0.3, -0.25) is 0 Å². The van der Waals surface area contributed by atoms with Gasteiger partial charge in [-0.2, -0.15) is 0 Å². The summed E-state index contributed by atoms with van der Waals surface area (Å²) >= 11 is 0. The van der Waals surface area contributed by atoms with Crippen LogP contribution in [0.2, 0.25) is 0 Å². The van der Waals surface area contributed by atoms with Gasteiger partial charge in [0.15, 0.2) is 0 Å². The van der Waals surface area contributed by atoms with Gasteiger partial charge < -0.3 is 0 Å². The summed E-state index contributed by atoms with van der Waals surface area (Å²) in [5.41, 5.74) is 0.616. The topological polar surface area (TPSA) is 34.1 Å². The van der Waals surface area contributed by atoms with Crippen LogP contribution >= 0.6 is 10.7 Å². The van der Waals surface area contributed by atoms with E-state index in [2.05, 4.69) is 0 Å². The van der Waals surface area contributed by atoms with E-state index in [9.17, 15) is 17.2 Å². The van der Waals surface area contributed by atoms with Gasteiger partial charge in [0.25, 0.3) is 9.05 Å². The number of rotatable bonds is 2. The van der Waals surface area contributed by atoms with Crippen molar-refractivity contribution in [2.45, 2.75) is 4.90 Å². The summed E-state index contributed by atoms with van der Waals surface area (Å²) in [6, 6.07) is 8.53. The second-order valence-corrected chi connectivity index (χ2v) is 6.19. The number of benzene rings is 2. The zero-order valence-corrected chi connectivity index (χ0v) is 10.5. The minimum atomic E-state index is -3.87. The van der Waals surface area contributed by atoms with E-state index in [-0.39, 0.29) is 10.5 Å². The molecule has 0 aromatic heterocycles. The van der Waals surface area contributed by atoms with E-state index in [4.69, 9.17) is 10.7 Å². The van der Waals surface area contributed by atoms with E-state index < -0.39 is 20.7 Å². The van der Waals surface area contributed by atoms with Crippen molar-refractivity contribution in [1.29, 1.82) is 0 Å². The second kappa shape index (κ2) is 4.66. The fraction of sp³-hybridized carbons (Fsp3) is 0. The molecule has 0 atom stereocenters. The Hall–Kier alpha value is -1.46. The molecule has 0 fully saturated rings. The first-order valence-corrected chi connectivity index (χ1v) is 7.18. The van der Waals surface area contributed by atoms with Crippen LogP contribution < -0.4 is 0 Å². The highest BCUT2D eigenvalue weighted by Gasteiger charge is 2.11. The third-order valence-electron chi connectivity index (χ3n) is 2.31. The predicted molar refractivity (Wildman–Crippen MR) is 64.8 cm³/mol. The zero-order chi connectivity index (χ0) is 13.3. The van der Waals surface area contributed by atoms with E-state index >= 15 is 0 Å². The van der Waals surface area contributed by atoms with Crippen molar-refractivity contribution in [3.8, 4) is 11.1 Å². The Morgan fingerprint density at radius 3 is 2.06 bits per heavy atom. The first-order chi connectivity index (χ1) is 8.36. The molecule has 2 rings (SSSR count). The Labute approximate surface area is 107 Å². The smallest absolute Gasteiger partial charge is 0.207 e. The maximum absolute atomic E-state index is 13.1. The van der Waals surface area contributed by atoms with Crippen LogP contribution in [0.5, 0.6) is 0 Å². The molecule has 0 saturated carbocycles. The standard InChI is InChI=1S/C12H7ClF2O2S/c13-18(16,17)12-3-1-2-8(6-12)9-4-10(14)7-11(15)5-9/h1-7H. The van der Waals surface area contributed by atoms with Crippen LogP contribution in [0, 0.1) is 11.6 Å². The summed E-state index contributed by atoms with van der Waals surface area (Å²) in [5, 5.41) is 0. The average Bonchev–Trinajstić information content (AvgIpc) is 2.27. The predicted octanol–water partition coefficient (Wildman–Crippen LogP) is 3.56. The average molecular weight is 289 g/mol. The van der Waals surface area contributed by atoms with Gasteiger partial charge in [-0.1, -0.05) is 12.1 Å². The van der Waals surface area contributed by atoms with Crippen LogP contribution in [0.1, 0.15) is 0 Å². The fourth-order valence-corrected chi connectivity index (χ4v) is 2.34. The minimum Gasteiger partial charge on any atom is -0.207 e. The molecule has 0 unspecified atom stereocenters. The maximum Gasteiger partial charge on any atom is 0.261 e. The maximum atomic E-state index is 13.1. The molecule has 94 valence electrons. The zero-order valence-electron chi connectivity index (χ0n) is 8.90. The third kappa shape index (κ3) is 2.86. The Bertz CT molecular complexity index is 679. The largest absolute Gasteiger partial charge is 0.261 e. The number of hydrogen-bond acceptors (Lipinski definition) is 2. The Kier molecular flexibility index (Phi) is 3.36. The van der Waals surface area contributed by atoms with Gasteiger partial charge >= 0.3 is 0 Å². The molecule has 0 aliphatic heterocycles. The van der Waals surface area contributed by atoms with Gasteiger partial charge in [-0.15, -0.1) is 0 Å². The lowest BCUT2D eigenvalue weighted by Crippen LogP contribution is -1.91. The molecule has 0 saturated heterocycles. The lowest BCUT2D eigenvalue weighted by Gasteiger charge is -2.04. The van der Waals surface area contributed by atoms with Crippen LogP contribution in [0.3, 0.4) is 0 Å². The van der Waals surface area contributed by atoms with E-state index in [1.807, 2.05) is 0 Å². The molecule has 0 amide bonds. The van der Waals surface area contributed by atoms with Crippen molar-refractivity contribution in [2.24, 2.45) is 0 Å². The molecule has 0 aliphatic rings. The van der Waals surface area contributed by atoms with Gasteiger partial charge in [-0.25, -0.2) is 17.2 Å². The van der Waals surface area contributed by atoms with Crippen molar-refractivity contribution in [3.05, 3.63) is 54.1 Å². The first-order valence-electron chi connectivity index (χ1n) is 4.87. The molecule has 0 spiro atoms.